The number of unbranched alkanes of at least 4 members (excludes halogenated alkanes) is 1. The number of pyridine rings is 1. The molecule has 4 nitrogen and oxygen atoms in total. The molecule has 0 atom stereocenters. The van der Waals surface area contributed by atoms with E-state index in [1.165, 1.54) is 0 Å². The molecule has 1 rings (SSSR count). The Kier molecular flexibility index (Phi) is 6.07. The van der Waals surface area contributed by atoms with Crippen molar-refractivity contribution < 1.29 is 19.1 Å². The molecule has 0 N–H and O–H groups in total. The smallest absolute Gasteiger partial charge is 0.338 e. The number of rotatable bonds is 7. The summed E-state index contributed by atoms with van der Waals surface area (Å²) in [6.07, 6.45) is 6.30. The van der Waals surface area contributed by atoms with Crippen LogP contribution in [0, 0.1) is 0 Å². The normalized spacial score (nSPS) is 10.0. The van der Waals surface area contributed by atoms with Gasteiger partial charge in [-0.1, -0.05) is 20.3 Å². The molecule has 0 unspecified atom stereocenters. The average Bonchev–Trinajstić information content (AvgIpc) is 2.37. The zero-order chi connectivity index (χ0) is 12.5. The summed E-state index contributed by atoms with van der Waals surface area (Å²) < 4.78 is 6.69. The SMILES string of the molecule is CCCCOC(=O)c1cc[n+](OCCC)cc1. The number of carbonyl (C=O) groups is 1. The number of ether oxygens (including phenoxy) is 1. The molecule has 0 spiro atoms. The van der Waals surface area contributed by atoms with Gasteiger partial charge in [-0.2, -0.15) is 0 Å². The van der Waals surface area contributed by atoms with Gasteiger partial charge in [0.25, 0.3) is 0 Å². The molecule has 0 aliphatic heterocycles. The van der Waals surface area contributed by atoms with Gasteiger partial charge in [0.05, 0.1) is 12.2 Å². The molecule has 1 aromatic rings. The van der Waals surface area contributed by atoms with Crippen LogP contribution in [0.3, 0.4) is 0 Å². The molecule has 0 amide bonds. The zero-order valence-corrected chi connectivity index (χ0v) is 10.5. The molecule has 0 fully saturated rings. The third-order valence-corrected chi connectivity index (χ3v) is 2.21. The second kappa shape index (κ2) is 7.65. The largest absolute Gasteiger partial charge is 0.462 e. The lowest BCUT2D eigenvalue weighted by Crippen LogP contribution is -2.42. The molecular formula is C13H20NO3+. The van der Waals surface area contributed by atoms with Gasteiger partial charge in [-0.05, 0) is 12.8 Å². The monoisotopic (exact) mass is 238 g/mol. The maximum absolute atomic E-state index is 11.6. The highest BCUT2D eigenvalue weighted by atomic mass is 16.7. The van der Waals surface area contributed by atoms with Crippen LogP contribution in [0.1, 0.15) is 43.5 Å². The van der Waals surface area contributed by atoms with Crippen LogP contribution in [-0.2, 0) is 4.74 Å². The van der Waals surface area contributed by atoms with E-state index in [1.54, 1.807) is 29.3 Å². The van der Waals surface area contributed by atoms with E-state index in [9.17, 15) is 4.79 Å². The van der Waals surface area contributed by atoms with Crippen molar-refractivity contribution in [3.8, 4) is 0 Å². The summed E-state index contributed by atoms with van der Waals surface area (Å²) in [5.74, 6) is -0.277. The molecule has 0 radical (unpaired) electrons. The molecule has 1 aromatic heterocycles. The molecule has 0 saturated heterocycles. The predicted octanol–water partition coefficient (Wildman–Crippen LogP) is 1.77. The Balaban J connectivity index is 2.46. The molecule has 0 aromatic carbocycles. The fourth-order valence-electron chi connectivity index (χ4n) is 1.22. The van der Waals surface area contributed by atoms with Gasteiger partial charge >= 0.3 is 5.97 Å². The van der Waals surface area contributed by atoms with Gasteiger partial charge in [0, 0.05) is 16.9 Å². The predicted molar refractivity (Wildman–Crippen MR) is 63.6 cm³/mol. The van der Waals surface area contributed by atoms with Crippen molar-refractivity contribution in [2.45, 2.75) is 33.1 Å². The van der Waals surface area contributed by atoms with E-state index in [1.807, 2.05) is 6.92 Å². The minimum atomic E-state index is -0.277. The first-order valence-corrected chi connectivity index (χ1v) is 6.09. The van der Waals surface area contributed by atoms with Crippen molar-refractivity contribution in [3.05, 3.63) is 30.1 Å². The van der Waals surface area contributed by atoms with Crippen LogP contribution in [0.15, 0.2) is 24.5 Å². The first kappa shape index (κ1) is 13.5. The van der Waals surface area contributed by atoms with Crippen molar-refractivity contribution in [3.63, 3.8) is 0 Å². The second-order valence-corrected chi connectivity index (χ2v) is 3.77. The van der Waals surface area contributed by atoms with Crippen LogP contribution in [0.25, 0.3) is 0 Å². The summed E-state index contributed by atoms with van der Waals surface area (Å²) in [4.78, 5) is 16.9. The van der Waals surface area contributed by atoms with Crippen LogP contribution in [0.2, 0.25) is 0 Å². The third kappa shape index (κ3) is 4.85. The molecule has 0 bridgehead atoms. The highest BCUT2D eigenvalue weighted by Gasteiger charge is 2.09. The Hall–Kier alpha value is -1.58. The molecule has 94 valence electrons. The van der Waals surface area contributed by atoms with E-state index in [2.05, 4.69) is 6.92 Å². The van der Waals surface area contributed by atoms with Crippen molar-refractivity contribution >= 4 is 5.97 Å². The van der Waals surface area contributed by atoms with Crippen molar-refractivity contribution in [2.24, 2.45) is 0 Å². The Morgan fingerprint density at radius 3 is 2.47 bits per heavy atom. The maximum Gasteiger partial charge on any atom is 0.338 e. The molecule has 17 heavy (non-hydrogen) atoms. The lowest BCUT2D eigenvalue weighted by Gasteiger charge is -2.02. The topological polar surface area (TPSA) is 39.4 Å². The van der Waals surface area contributed by atoms with E-state index in [0.717, 1.165) is 19.3 Å². The minimum Gasteiger partial charge on any atom is -0.462 e. The molecule has 0 saturated carbocycles. The van der Waals surface area contributed by atoms with Gasteiger partial charge in [-0.15, -0.1) is 0 Å². The quantitative estimate of drug-likeness (QED) is 0.413. The van der Waals surface area contributed by atoms with Crippen molar-refractivity contribution in [1.29, 1.82) is 0 Å². The van der Waals surface area contributed by atoms with Gasteiger partial charge in [0.1, 0.15) is 0 Å². The first-order valence-electron chi connectivity index (χ1n) is 6.09. The summed E-state index contributed by atoms with van der Waals surface area (Å²) >= 11 is 0. The number of carbonyl (C=O) groups excluding carboxylic acids is 1. The van der Waals surface area contributed by atoms with Crippen LogP contribution in [-0.4, -0.2) is 19.2 Å². The van der Waals surface area contributed by atoms with E-state index in [4.69, 9.17) is 9.57 Å². The number of nitrogens with zero attached hydrogens (tertiary/aromatic N) is 1. The van der Waals surface area contributed by atoms with E-state index < -0.39 is 0 Å². The number of hydrogen-bond acceptors (Lipinski definition) is 3. The summed E-state index contributed by atoms with van der Waals surface area (Å²) in [7, 11) is 0. The lowest BCUT2D eigenvalue weighted by molar-refractivity contribution is -0.891. The number of aromatic nitrogens is 1. The van der Waals surface area contributed by atoms with Gasteiger partial charge in [0.15, 0.2) is 6.61 Å². The Bertz CT molecular complexity index is 335. The summed E-state index contributed by atoms with van der Waals surface area (Å²) in [5.41, 5.74) is 0.553. The fraction of sp³-hybridized carbons (Fsp3) is 0.538. The Morgan fingerprint density at radius 2 is 1.88 bits per heavy atom. The average molecular weight is 238 g/mol. The van der Waals surface area contributed by atoms with Crippen LogP contribution < -0.4 is 9.57 Å². The number of esters is 1. The lowest BCUT2D eigenvalue weighted by atomic mass is 10.3. The Labute approximate surface area is 102 Å². The van der Waals surface area contributed by atoms with Crippen LogP contribution in [0.5, 0.6) is 0 Å². The Morgan fingerprint density at radius 1 is 1.18 bits per heavy atom. The van der Waals surface area contributed by atoms with Gasteiger partial charge in [0.2, 0.25) is 12.4 Å². The van der Waals surface area contributed by atoms with E-state index in [0.29, 0.717) is 18.8 Å². The molecule has 0 aliphatic rings. The highest BCUT2D eigenvalue weighted by Crippen LogP contribution is 1.99. The zero-order valence-electron chi connectivity index (χ0n) is 10.5. The van der Waals surface area contributed by atoms with E-state index >= 15 is 0 Å². The molecular weight excluding hydrogens is 218 g/mol. The van der Waals surface area contributed by atoms with Crippen LogP contribution >= 0.6 is 0 Å². The van der Waals surface area contributed by atoms with Crippen molar-refractivity contribution in [1.82, 2.24) is 0 Å². The van der Waals surface area contributed by atoms with Crippen molar-refractivity contribution in [2.75, 3.05) is 13.2 Å². The first-order chi connectivity index (χ1) is 8.27. The maximum atomic E-state index is 11.6. The minimum absolute atomic E-state index is 0.277. The molecule has 4 heteroatoms. The standard InChI is InChI=1S/C13H20NO3/c1-3-5-11-16-13(15)12-6-8-14(9-7-12)17-10-4-2/h6-9H,3-5,10-11H2,1-2H3/q+1. The third-order valence-electron chi connectivity index (χ3n) is 2.21. The second-order valence-electron chi connectivity index (χ2n) is 3.77. The summed E-state index contributed by atoms with van der Waals surface area (Å²) in [6.45, 7) is 5.24. The fourth-order valence-corrected chi connectivity index (χ4v) is 1.22. The van der Waals surface area contributed by atoms with E-state index in [-0.39, 0.29) is 5.97 Å². The van der Waals surface area contributed by atoms with Gasteiger partial charge in [-0.3, -0.25) is 4.84 Å². The summed E-state index contributed by atoms with van der Waals surface area (Å²) in [6, 6.07) is 3.40. The number of hydrogen-bond donors (Lipinski definition) is 0. The molecule has 0 aliphatic carbocycles. The summed E-state index contributed by atoms with van der Waals surface area (Å²) in [5, 5.41) is 0. The van der Waals surface area contributed by atoms with Gasteiger partial charge < -0.3 is 4.74 Å². The van der Waals surface area contributed by atoms with Gasteiger partial charge in [-0.25, -0.2) is 4.79 Å². The highest BCUT2D eigenvalue weighted by molar-refractivity contribution is 5.88. The molecule has 1 heterocycles. The van der Waals surface area contributed by atoms with Crippen LogP contribution in [0.4, 0.5) is 0 Å².